The van der Waals surface area contributed by atoms with Crippen LogP contribution >= 0.6 is 0 Å². The van der Waals surface area contributed by atoms with E-state index in [9.17, 15) is 19.5 Å². The highest BCUT2D eigenvalue weighted by Gasteiger charge is 2.22. The zero-order chi connectivity index (χ0) is 24.1. The molecule has 176 valence electrons. The van der Waals surface area contributed by atoms with Crippen LogP contribution in [0, 0.1) is 0 Å². The van der Waals surface area contributed by atoms with Gasteiger partial charge >= 0.3 is 11.6 Å². The molecule has 2 aromatic heterocycles. The first-order chi connectivity index (χ1) is 16.4. The number of hydrogen-bond acceptors (Lipinski definition) is 5. The summed E-state index contributed by atoms with van der Waals surface area (Å²) in [6.45, 7) is 1.71. The number of aryl methyl sites for hydroxylation is 1. The van der Waals surface area contributed by atoms with Crippen molar-refractivity contribution in [2.75, 3.05) is 6.61 Å². The fourth-order valence-electron chi connectivity index (χ4n) is 3.98. The number of carbonyl (C=O) groups excluding carboxylic acids is 1. The van der Waals surface area contributed by atoms with Gasteiger partial charge in [0.2, 0.25) is 0 Å². The average Bonchev–Trinajstić information content (AvgIpc) is 3.23. The molecule has 4 aromatic rings. The minimum Gasteiger partial charge on any atom is -0.484 e. The first-order valence-electron chi connectivity index (χ1n) is 11.2. The molecule has 0 aliphatic heterocycles. The monoisotopic (exact) mass is 462 g/mol. The molecule has 3 N–H and O–H groups in total. The molecule has 0 spiro atoms. The lowest BCUT2D eigenvalue weighted by Gasteiger charge is -2.15. The molecule has 1 amide bonds. The lowest BCUT2D eigenvalue weighted by atomic mass is 10.0. The molecule has 0 radical (unpaired) electrons. The number of aromatic amines is 1. The first-order valence-corrected chi connectivity index (χ1v) is 11.2. The number of carboxylic acid groups (broad SMARTS) is 1. The van der Waals surface area contributed by atoms with Gasteiger partial charge in [0.15, 0.2) is 6.61 Å². The van der Waals surface area contributed by atoms with Crippen LogP contribution in [-0.4, -0.2) is 34.6 Å². The molecular formula is C26H26N2O6. The summed E-state index contributed by atoms with van der Waals surface area (Å²) in [7, 11) is 0. The Morgan fingerprint density at radius 2 is 1.94 bits per heavy atom. The third-order valence-electron chi connectivity index (χ3n) is 5.70. The Bertz CT molecular complexity index is 1390. The van der Waals surface area contributed by atoms with Gasteiger partial charge in [-0.3, -0.25) is 4.79 Å². The molecule has 1 atom stereocenters. The minimum atomic E-state index is -1.13. The highest BCUT2D eigenvalue weighted by Crippen LogP contribution is 2.24. The molecular weight excluding hydrogens is 436 g/mol. The first kappa shape index (κ1) is 23.1. The summed E-state index contributed by atoms with van der Waals surface area (Å²) in [4.78, 5) is 39.2. The second-order valence-corrected chi connectivity index (χ2v) is 8.16. The number of nitrogens with one attached hydrogen (secondary N) is 2. The van der Waals surface area contributed by atoms with E-state index in [0.29, 0.717) is 11.3 Å². The van der Waals surface area contributed by atoms with Gasteiger partial charge in [-0.2, -0.15) is 0 Å². The SMILES string of the molecule is CCCCc1cc(=O)oc2cc(OCC(=O)N[C@H](Cc3c[nH]c4ccccc34)C(=O)O)ccc12. The third-order valence-corrected chi connectivity index (χ3v) is 5.70. The molecule has 0 unspecified atom stereocenters. The fourth-order valence-corrected chi connectivity index (χ4v) is 3.98. The van der Waals surface area contributed by atoms with Gasteiger partial charge in [-0.05, 0) is 42.2 Å². The van der Waals surface area contributed by atoms with Crippen LogP contribution in [0.25, 0.3) is 21.9 Å². The molecule has 0 bridgehead atoms. The molecule has 0 aliphatic carbocycles. The van der Waals surface area contributed by atoms with Crippen LogP contribution in [0.5, 0.6) is 5.75 Å². The maximum Gasteiger partial charge on any atom is 0.336 e. The van der Waals surface area contributed by atoms with Crippen molar-refractivity contribution < 1.29 is 23.8 Å². The Kier molecular flexibility index (Phi) is 6.96. The molecule has 0 saturated carbocycles. The van der Waals surface area contributed by atoms with Crippen LogP contribution in [0.15, 0.2) is 63.9 Å². The van der Waals surface area contributed by atoms with Gasteiger partial charge in [-0.15, -0.1) is 0 Å². The van der Waals surface area contributed by atoms with E-state index < -0.39 is 23.5 Å². The number of rotatable bonds is 10. The number of carboxylic acids is 1. The number of fused-ring (bicyclic) bond motifs is 2. The molecule has 0 fully saturated rings. The molecule has 34 heavy (non-hydrogen) atoms. The van der Waals surface area contributed by atoms with Crippen molar-refractivity contribution in [3.8, 4) is 5.75 Å². The van der Waals surface area contributed by atoms with E-state index in [4.69, 9.17) is 9.15 Å². The van der Waals surface area contributed by atoms with Crippen molar-refractivity contribution in [3.05, 3.63) is 76.3 Å². The van der Waals surface area contributed by atoms with Crippen LogP contribution in [0.2, 0.25) is 0 Å². The Hall–Kier alpha value is -4.07. The van der Waals surface area contributed by atoms with Crippen molar-refractivity contribution in [2.24, 2.45) is 0 Å². The standard InChI is InChI=1S/C26H26N2O6/c1-2-3-6-16-12-25(30)34-23-13-18(9-10-20(16)23)33-15-24(29)28-22(26(31)32)11-17-14-27-21-8-5-4-7-19(17)21/h4-5,7-10,12-14,22,27H,2-3,6,11,15H2,1H3,(H,28,29)(H,31,32)/t22-/m1/s1. The number of aromatic nitrogens is 1. The lowest BCUT2D eigenvalue weighted by Crippen LogP contribution is -2.44. The van der Waals surface area contributed by atoms with Crippen LogP contribution in [-0.2, 0) is 22.4 Å². The summed E-state index contributed by atoms with van der Waals surface area (Å²) in [6.07, 6.45) is 4.62. The van der Waals surface area contributed by atoms with Gasteiger partial charge in [0.25, 0.3) is 5.91 Å². The zero-order valence-corrected chi connectivity index (χ0v) is 18.8. The minimum absolute atomic E-state index is 0.132. The van der Waals surface area contributed by atoms with Gasteiger partial charge in [0.1, 0.15) is 17.4 Å². The quantitative estimate of drug-likeness (QED) is 0.308. The van der Waals surface area contributed by atoms with Gasteiger partial charge in [0, 0.05) is 41.0 Å². The second kappa shape index (κ2) is 10.2. The summed E-state index contributed by atoms with van der Waals surface area (Å²) < 4.78 is 10.9. The van der Waals surface area contributed by atoms with E-state index in [1.807, 2.05) is 24.3 Å². The van der Waals surface area contributed by atoms with E-state index in [2.05, 4.69) is 17.2 Å². The van der Waals surface area contributed by atoms with Gasteiger partial charge in [-0.1, -0.05) is 31.5 Å². The van der Waals surface area contributed by atoms with Gasteiger partial charge in [0.05, 0.1) is 0 Å². The van der Waals surface area contributed by atoms with E-state index in [1.54, 1.807) is 24.4 Å². The summed E-state index contributed by atoms with van der Waals surface area (Å²) in [5.74, 6) is -1.35. The molecule has 2 aromatic carbocycles. The molecule has 0 saturated heterocycles. The van der Waals surface area contributed by atoms with Crippen molar-refractivity contribution in [1.29, 1.82) is 0 Å². The van der Waals surface area contributed by atoms with E-state index in [0.717, 1.165) is 46.7 Å². The van der Waals surface area contributed by atoms with Crippen molar-refractivity contribution >= 4 is 33.7 Å². The van der Waals surface area contributed by atoms with Crippen LogP contribution in [0.3, 0.4) is 0 Å². The number of carbonyl (C=O) groups is 2. The number of hydrogen-bond donors (Lipinski definition) is 3. The molecule has 4 rings (SSSR count). The fraction of sp³-hybridized carbons (Fsp3) is 0.269. The Morgan fingerprint density at radius 3 is 2.74 bits per heavy atom. The maximum atomic E-state index is 12.4. The summed E-state index contributed by atoms with van der Waals surface area (Å²) in [5.41, 5.74) is 2.57. The molecule has 2 heterocycles. The number of benzene rings is 2. The zero-order valence-electron chi connectivity index (χ0n) is 18.8. The Morgan fingerprint density at radius 1 is 1.12 bits per heavy atom. The average molecular weight is 463 g/mol. The number of unbranched alkanes of at least 4 members (excludes halogenated alkanes) is 1. The van der Waals surface area contributed by atoms with Crippen LogP contribution < -0.4 is 15.7 Å². The second-order valence-electron chi connectivity index (χ2n) is 8.16. The van der Waals surface area contributed by atoms with E-state index in [-0.39, 0.29) is 13.0 Å². The summed E-state index contributed by atoms with van der Waals surface area (Å²) in [5, 5.41) is 13.9. The van der Waals surface area contributed by atoms with Crippen molar-refractivity contribution in [3.63, 3.8) is 0 Å². The largest absolute Gasteiger partial charge is 0.484 e. The Balaban J connectivity index is 1.42. The number of H-pyrrole nitrogens is 1. The van der Waals surface area contributed by atoms with Gasteiger partial charge < -0.3 is 24.6 Å². The predicted molar refractivity (Wildman–Crippen MR) is 128 cm³/mol. The summed E-state index contributed by atoms with van der Waals surface area (Å²) >= 11 is 0. The van der Waals surface area contributed by atoms with Crippen molar-refractivity contribution in [1.82, 2.24) is 10.3 Å². The number of amides is 1. The summed E-state index contributed by atoms with van der Waals surface area (Å²) in [6, 6.07) is 13.0. The van der Waals surface area contributed by atoms with Crippen LogP contribution in [0.1, 0.15) is 30.9 Å². The van der Waals surface area contributed by atoms with E-state index >= 15 is 0 Å². The molecule has 8 heteroatoms. The normalized spacial score (nSPS) is 12.0. The van der Waals surface area contributed by atoms with Crippen LogP contribution in [0.4, 0.5) is 0 Å². The topological polar surface area (TPSA) is 122 Å². The molecule has 8 nitrogen and oxygen atoms in total. The smallest absolute Gasteiger partial charge is 0.336 e. The number of aliphatic carboxylic acids is 1. The lowest BCUT2D eigenvalue weighted by molar-refractivity contribution is -0.142. The highest BCUT2D eigenvalue weighted by atomic mass is 16.5. The third kappa shape index (κ3) is 5.28. The Labute approximate surface area is 195 Å². The molecule has 0 aliphatic rings. The number of ether oxygens (including phenoxy) is 1. The van der Waals surface area contributed by atoms with Gasteiger partial charge in [-0.25, -0.2) is 9.59 Å². The van der Waals surface area contributed by atoms with Crippen molar-refractivity contribution in [2.45, 2.75) is 38.6 Å². The highest BCUT2D eigenvalue weighted by molar-refractivity contribution is 5.87. The predicted octanol–water partition coefficient (Wildman–Crippen LogP) is 3.81. The number of para-hydroxylation sites is 1. The van der Waals surface area contributed by atoms with E-state index in [1.165, 1.54) is 6.07 Å². The maximum absolute atomic E-state index is 12.4.